The van der Waals surface area contributed by atoms with Crippen LogP contribution in [0.2, 0.25) is 0 Å². The van der Waals surface area contributed by atoms with Crippen LogP contribution >= 0.6 is 0 Å². The molecule has 0 aliphatic carbocycles. The summed E-state index contributed by atoms with van der Waals surface area (Å²) in [6.45, 7) is 5.50. The number of hydrogen-bond donors (Lipinski definition) is 1. The highest BCUT2D eigenvalue weighted by atomic mass is 16.4. The third-order valence-electron chi connectivity index (χ3n) is 3.51. The molecule has 19 heavy (non-hydrogen) atoms. The smallest absolute Gasteiger partial charge is 0.326 e. The minimum atomic E-state index is -0.960. The van der Waals surface area contributed by atoms with Crippen LogP contribution in [-0.4, -0.2) is 33.7 Å². The molecular weight excluding hydrogens is 246 g/mol. The van der Waals surface area contributed by atoms with E-state index in [0.29, 0.717) is 30.9 Å². The van der Waals surface area contributed by atoms with Crippen molar-refractivity contribution in [3.63, 3.8) is 0 Å². The first-order chi connectivity index (χ1) is 9.10. The fraction of sp³-hybridized carbons (Fsp3) is 0.615. The number of fused-ring (bicyclic) bond motifs is 1. The van der Waals surface area contributed by atoms with Gasteiger partial charge in [-0.15, -0.1) is 0 Å². The van der Waals surface area contributed by atoms with Crippen LogP contribution in [0.1, 0.15) is 38.6 Å². The van der Waals surface area contributed by atoms with Gasteiger partial charge in [0.05, 0.1) is 6.20 Å². The molecule has 0 radical (unpaired) electrons. The van der Waals surface area contributed by atoms with E-state index in [1.54, 1.807) is 6.20 Å². The minimum absolute atomic E-state index is 0.231. The number of carbonyl (C=O) groups is 1. The van der Waals surface area contributed by atoms with Crippen LogP contribution in [0, 0.1) is 0 Å². The number of carboxylic acid groups (broad SMARTS) is 1. The number of carboxylic acids is 1. The maximum absolute atomic E-state index is 12.5. The van der Waals surface area contributed by atoms with Crippen LogP contribution in [-0.2, 0) is 11.2 Å². The number of anilines is 1. The molecule has 6 heteroatoms. The summed E-state index contributed by atoms with van der Waals surface area (Å²) in [7, 11) is 0. The lowest BCUT2D eigenvalue weighted by atomic mass is 10.2. The fourth-order valence-corrected chi connectivity index (χ4v) is 2.56. The van der Waals surface area contributed by atoms with Gasteiger partial charge in [0.1, 0.15) is 17.6 Å². The monoisotopic (exact) mass is 265 g/mol. The molecule has 0 bridgehead atoms. The quantitative estimate of drug-likeness (QED) is 0.861. The highest BCUT2D eigenvalue weighted by Crippen LogP contribution is 2.23. The molecule has 6 nitrogen and oxygen atoms in total. The second-order valence-corrected chi connectivity index (χ2v) is 4.71. The molecule has 0 aromatic carbocycles. The van der Waals surface area contributed by atoms with E-state index in [-0.39, 0.29) is 5.56 Å². The van der Waals surface area contributed by atoms with E-state index in [1.807, 2.05) is 18.7 Å². The molecule has 1 unspecified atom stereocenters. The largest absolute Gasteiger partial charge is 0.480 e. The molecule has 1 aliphatic heterocycles. The van der Waals surface area contributed by atoms with Crippen molar-refractivity contribution in [2.45, 2.75) is 39.2 Å². The van der Waals surface area contributed by atoms with E-state index in [2.05, 4.69) is 4.98 Å². The molecule has 0 saturated carbocycles. The first kappa shape index (κ1) is 13.6. The molecule has 0 amide bonds. The van der Waals surface area contributed by atoms with Gasteiger partial charge in [0.15, 0.2) is 0 Å². The number of aryl methyl sites for hydroxylation is 1. The Bertz CT molecular complexity index is 538. The molecule has 1 N–H and O–H groups in total. The van der Waals surface area contributed by atoms with Gasteiger partial charge in [-0.1, -0.05) is 6.92 Å². The van der Waals surface area contributed by atoms with Crippen LogP contribution in [0.5, 0.6) is 0 Å². The van der Waals surface area contributed by atoms with Gasteiger partial charge in [-0.2, -0.15) is 0 Å². The number of rotatable bonds is 5. The Kier molecular flexibility index (Phi) is 3.87. The average Bonchev–Trinajstić information content (AvgIpc) is 2.82. The number of nitrogens with zero attached hydrogens (tertiary/aromatic N) is 3. The van der Waals surface area contributed by atoms with Crippen molar-refractivity contribution in [3.8, 4) is 0 Å². The lowest BCUT2D eigenvalue weighted by Crippen LogP contribution is -2.35. The molecule has 1 atom stereocenters. The number of aliphatic carboxylic acids is 1. The maximum atomic E-state index is 12.5. The number of hydrogen-bond acceptors (Lipinski definition) is 4. The average molecular weight is 265 g/mol. The topological polar surface area (TPSA) is 75.4 Å². The van der Waals surface area contributed by atoms with Crippen molar-refractivity contribution in [1.29, 1.82) is 0 Å². The highest BCUT2D eigenvalue weighted by molar-refractivity contribution is 5.72. The van der Waals surface area contributed by atoms with Gasteiger partial charge in [-0.05, 0) is 19.8 Å². The van der Waals surface area contributed by atoms with Crippen molar-refractivity contribution in [3.05, 3.63) is 22.4 Å². The second kappa shape index (κ2) is 5.42. The van der Waals surface area contributed by atoms with Gasteiger partial charge in [-0.25, -0.2) is 9.78 Å². The summed E-state index contributed by atoms with van der Waals surface area (Å²) in [5.41, 5.74) is 0.270. The zero-order valence-electron chi connectivity index (χ0n) is 11.3. The van der Waals surface area contributed by atoms with Crippen molar-refractivity contribution < 1.29 is 9.90 Å². The Morgan fingerprint density at radius 2 is 2.32 bits per heavy atom. The molecule has 2 rings (SSSR count). The van der Waals surface area contributed by atoms with Gasteiger partial charge in [0, 0.05) is 19.5 Å². The third kappa shape index (κ3) is 2.34. The minimum Gasteiger partial charge on any atom is -0.480 e. The Morgan fingerprint density at radius 1 is 1.58 bits per heavy atom. The first-order valence-corrected chi connectivity index (χ1v) is 6.68. The van der Waals surface area contributed by atoms with E-state index in [0.717, 1.165) is 13.0 Å². The Labute approximate surface area is 111 Å². The van der Waals surface area contributed by atoms with Crippen LogP contribution in [0.4, 0.5) is 5.69 Å². The van der Waals surface area contributed by atoms with Gasteiger partial charge in [0.2, 0.25) is 0 Å². The zero-order valence-corrected chi connectivity index (χ0v) is 11.3. The summed E-state index contributed by atoms with van der Waals surface area (Å²) in [6.07, 6.45) is 3.50. The molecule has 0 fully saturated rings. The van der Waals surface area contributed by atoms with E-state index < -0.39 is 12.0 Å². The van der Waals surface area contributed by atoms with Crippen molar-refractivity contribution in [2.24, 2.45) is 0 Å². The highest BCUT2D eigenvalue weighted by Gasteiger charge is 2.31. The van der Waals surface area contributed by atoms with Crippen LogP contribution in [0.3, 0.4) is 0 Å². The number of aromatic nitrogens is 2. The predicted octanol–water partition coefficient (Wildman–Crippen LogP) is 1.05. The summed E-state index contributed by atoms with van der Waals surface area (Å²) < 4.78 is 1.34. The normalized spacial score (nSPS) is 17.3. The van der Waals surface area contributed by atoms with Gasteiger partial charge in [-0.3, -0.25) is 9.36 Å². The molecule has 0 spiro atoms. The Morgan fingerprint density at radius 3 is 2.89 bits per heavy atom. The first-order valence-electron chi connectivity index (χ1n) is 6.68. The molecule has 1 aromatic rings. The summed E-state index contributed by atoms with van der Waals surface area (Å²) in [6, 6.07) is -0.768. The Hall–Kier alpha value is -1.85. The Balaban J connectivity index is 2.48. The van der Waals surface area contributed by atoms with Gasteiger partial charge < -0.3 is 10.0 Å². The predicted molar refractivity (Wildman–Crippen MR) is 71.7 cm³/mol. The van der Waals surface area contributed by atoms with E-state index in [1.165, 1.54) is 4.57 Å². The van der Waals surface area contributed by atoms with Crippen molar-refractivity contribution in [2.75, 3.05) is 18.0 Å². The zero-order chi connectivity index (χ0) is 14.0. The lowest BCUT2D eigenvalue weighted by Gasteiger charge is -2.22. The van der Waals surface area contributed by atoms with Crippen LogP contribution in [0.25, 0.3) is 0 Å². The summed E-state index contributed by atoms with van der Waals surface area (Å²) in [4.78, 5) is 29.9. The molecule has 1 aliphatic rings. The third-order valence-corrected chi connectivity index (χ3v) is 3.51. The van der Waals surface area contributed by atoms with Crippen molar-refractivity contribution >= 4 is 11.7 Å². The van der Waals surface area contributed by atoms with E-state index >= 15 is 0 Å². The molecular formula is C13H19N3O3. The van der Waals surface area contributed by atoms with Crippen LogP contribution in [0.15, 0.2) is 11.0 Å². The van der Waals surface area contributed by atoms with Gasteiger partial charge in [0.25, 0.3) is 5.56 Å². The summed E-state index contributed by atoms with van der Waals surface area (Å²) in [5.74, 6) is -0.382. The molecule has 2 heterocycles. The molecule has 1 aromatic heterocycles. The summed E-state index contributed by atoms with van der Waals surface area (Å²) >= 11 is 0. The van der Waals surface area contributed by atoms with Crippen molar-refractivity contribution in [1.82, 2.24) is 9.55 Å². The standard InChI is InChI=1S/C13H19N3O3/c1-3-7-15(4-2)10-8-14-11-6-5-9(13(18)19)16(11)12(10)17/h8-9H,3-7H2,1-2H3,(H,18,19). The van der Waals surface area contributed by atoms with E-state index in [4.69, 9.17) is 0 Å². The van der Waals surface area contributed by atoms with Crippen LogP contribution < -0.4 is 10.5 Å². The SMILES string of the molecule is CCCN(CC)c1cnc2n(c1=O)C(C(=O)O)CC2. The van der Waals surface area contributed by atoms with E-state index in [9.17, 15) is 14.7 Å². The second-order valence-electron chi connectivity index (χ2n) is 4.71. The maximum Gasteiger partial charge on any atom is 0.326 e. The lowest BCUT2D eigenvalue weighted by molar-refractivity contribution is -0.140. The fourth-order valence-electron chi connectivity index (χ4n) is 2.56. The molecule has 0 saturated heterocycles. The molecule has 104 valence electrons. The summed E-state index contributed by atoms with van der Waals surface area (Å²) in [5, 5.41) is 9.17. The van der Waals surface area contributed by atoms with Gasteiger partial charge >= 0.3 is 5.97 Å².